The Morgan fingerprint density at radius 3 is 2.95 bits per heavy atom. The molecule has 1 unspecified atom stereocenters. The third-order valence-corrected chi connectivity index (χ3v) is 4.61. The number of rotatable bonds is 6. The minimum absolute atomic E-state index is 0.0147. The molecule has 0 aliphatic carbocycles. The van der Waals surface area contributed by atoms with E-state index < -0.39 is 4.92 Å². The minimum Gasteiger partial charge on any atom is -0.356 e. The van der Waals surface area contributed by atoms with Crippen molar-refractivity contribution in [3.63, 3.8) is 0 Å². The fourth-order valence-electron chi connectivity index (χ4n) is 2.61. The molecule has 1 aliphatic rings. The van der Waals surface area contributed by atoms with E-state index in [1.165, 1.54) is 25.0 Å². The van der Waals surface area contributed by atoms with Crippen molar-refractivity contribution in [3.8, 4) is 0 Å². The zero-order chi connectivity index (χ0) is 15.9. The molecular weight excluding hydrogens is 350 g/mol. The van der Waals surface area contributed by atoms with Crippen LogP contribution in [0.5, 0.6) is 0 Å². The van der Waals surface area contributed by atoms with Crippen molar-refractivity contribution in [2.45, 2.75) is 25.7 Å². The lowest BCUT2D eigenvalue weighted by atomic mass is 9.96. The summed E-state index contributed by atoms with van der Waals surface area (Å²) in [7, 11) is 0. The van der Waals surface area contributed by atoms with Crippen LogP contribution in [0.2, 0.25) is 0 Å². The highest BCUT2D eigenvalue weighted by molar-refractivity contribution is 9.10. The second kappa shape index (κ2) is 8.24. The second-order valence-electron chi connectivity index (χ2n) is 5.56. The lowest BCUT2D eigenvalue weighted by molar-refractivity contribution is -0.384. The third kappa shape index (κ3) is 5.06. The van der Waals surface area contributed by atoms with Crippen molar-refractivity contribution in [1.29, 1.82) is 0 Å². The van der Waals surface area contributed by atoms with Gasteiger partial charge in [0, 0.05) is 23.2 Å². The molecule has 1 heterocycles. The summed E-state index contributed by atoms with van der Waals surface area (Å²) >= 11 is 3.28. The molecule has 1 fully saturated rings. The summed E-state index contributed by atoms with van der Waals surface area (Å²) in [5.74, 6) is 0.582. The van der Waals surface area contributed by atoms with Crippen LogP contribution in [0.25, 0.3) is 0 Å². The van der Waals surface area contributed by atoms with Crippen LogP contribution in [0.3, 0.4) is 0 Å². The Balaban J connectivity index is 1.77. The molecule has 1 atom stereocenters. The number of hydrogen-bond donors (Lipinski definition) is 2. The van der Waals surface area contributed by atoms with E-state index in [9.17, 15) is 14.9 Å². The van der Waals surface area contributed by atoms with Gasteiger partial charge < -0.3 is 10.6 Å². The van der Waals surface area contributed by atoms with Crippen LogP contribution >= 0.6 is 15.9 Å². The monoisotopic (exact) mass is 369 g/mol. The van der Waals surface area contributed by atoms with Crippen LogP contribution in [0.4, 0.5) is 5.69 Å². The number of nitro groups is 1. The van der Waals surface area contributed by atoms with E-state index in [1.54, 1.807) is 6.07 Å². The average Bonchev–Trinajstić information content (AvgIpc) is 2.50. The van der Waals surface area contributed by atoms with Gasteiger partial charge in [0.15, 0.2) is 0 Å². The number of non-ortho nitro benzene ring substituents is 1. The Bertz CT molecular complexity index is 545. The van der Waals surface area contributed by atoms with Gasteiger partial charge in [0.25, 0.3) is 5.69 Å². The zero-order valence-electron chi connectivity index (χ0n) is 12.3. The predicted octanol–water partition coefficient (Wildman–Crippen LogP) is 2.41. The molecule has 2 N–H and O–H groups in total. The SMILES string of the molecule is O=C(Cc1ccc([N+](=O)[O-])cc1Br)NCCC1CCCNC1. The molecular formula is C15H20BrN3O3. The molecule has 0 aromatic heterocycles. The molecule has 0 radical (unpaired) electrons. The number of nitrogens with one attached hydrogen (secondary N) is 2. The van der Waals surface area contributed by atoms with Crippen molar-refractivity contribution in [2.75, 3.05) is 19.6 Å². The Hall–Kier alpha value is -1.47. The molecule has 22 heavy (non-hydrogen) atoms. The maximum atomic E-state index is 11.9. The Morgan fingerprint density at radius 2 is 2.32 bits per heavy atom. The van der Waals surface area contributed by atoms with E-state index in [4.69, 9.17) is 0 Å². The maximum Gasteiger partial charge on any atom is 0.270 e. The predicted molar refractivity (Wildman–Crippen MR) is 87.7 cm³/mol. The van der Waals surface area contributed by atoms with E-state index in [0.717, 1.165) is 25.1 Å². The number of carbonyl (C=O) groups excluding carboxylic acids is 1. The molecule has 0 spiro atoms. The fourth-order valence-corrected chi connectivity index (χ4v) is 3.12. The molecule has 1 amide bonds. The largest absolute Gasteiger partial charge is 0.356 e. The summed E-state index contributed by atoms with van der Waals surface area (Å²) in [4.78, 5) is 22.2. The lowest BCUT2D eigenvalue weighted by Crippen LogP contribution is -2.33. The highest BCUT2D eigenvalue weighted by atomic mass is 79.9. The molecule has 0 saturated carbocycles. The van der Waals surface area contributed by atoms with E-state index in [-0.39, 0.29) is 18.0 Å². The van der Waals surface area contributed by atoms with Gasteiger partial charge in [-0.3, -0.25) is 14.9 Å². The van der Waals surface area contributed by atoms with Crippen LogP contribution in [0.15, 0.2) is 22.7 Å². The first-order chi connectivity index (χ1) is 10.6. The summed E-state index contributed by atoms with van der Waals surface area (Å²) in [6, 6.07) is 4.46. The molecule has 1 aromatic carbocycles. The van der Waals surface area contributed by atoms with Crippen molar-refractivity contribution in [2.24, 2.45) is 5.92 Å². The molecule has 1 aromatic rings. The number of carbonyl (C=O) groups is 1. The molecule has 2 rings (SSSR count). The zero-order valence-corrected chi connectivity index (χ0v) is 13.9. The first-order valence-corrected chi connectivity index (χ1v) is 8.26. The molecule has 0 bridgehead atoms. The highest BCUT2D eigenvalue weighted by Gasteiger charge is 2.14. The first kappa shape index (κ1) is 16.9. The number of benzene rings is 1. The van der Waals surface area contributed by atoms with Gasteiger partial charge in [0.1, 0.15) is 0 Å². The number of amides is 1. The minimum atomic E-state index is -0.452. The molecule has 7 heteroatoms. The molecule has 1 saturated heterocycles. The molecule has 120 valence electrons. The number of nitro benzene ring substituents is 1. The normalized spacial score (nSPS) is 18.0. The van der Waals surface area contributed by atoms with Crippen LogP contribution in [0, 0.1) is 16.0 Å². The van der Waals surface area contributed by atoms with E-state index >= 15 is 0 Å². The number of nitrogens with zero attached hydrogens (tertiary/aromatic N) is 1. The number of piperidine rings is 1. The summed E-state index contributed by atoms with van der Waals surface area (Å²) in [5.41, 5.74) is 0.767. The molecule has 1 aliphatic heterocycles. The van der Waals surface area contributed by atoms with Gasteiger partial charge >= 0.3 is 0 Å². The Labute approximate surface area is 137 Å². The maximum absolute atomic E-state index is 11.9. The fraction of sp³-hybridized carbons (Fsp3) is 0.533. The summed E-state index contributed by atoms with van der Waals surface area (Å²) in [6.45, 7) is 2.80. The summed E-state index contributed by atoms with van der Waals surface area (Å²) in [6.07, 6.45) is 3.63. The third-order valence-electron chi connectivity index (χ3n) is 3.87. The van der Waals surface area contributed by atoms with Gasteiger partial charge in [-0.1, -0.05) is 22.0 Å². The topological polar surface area (TPSA) is 84.3 Å². The highest BCUT2D eigenvalue weighted by Crippen LogP contribution is 2.23. The van der Waals surface area contributed by atoms with Crippen molar-refractivity contribution in [3.05, 3.63) is 38.3 Å². The molecule has 6 nitrogen and oxygen atoms in total. The van der Waals surface area contributed by atoms with Gasteiger partial charge in [0.2, 0.25) is 5.91 Å². The van der Waals surface area contributed by atoms with Crippen molar-refractivity contribution < 1.29 is 9.72 Å². The van der Waals surface area contributed by atoms with Crippen molar-refractivity contribution >= 4 is 27.5 Å². The Morgan fingerprint density at radius 1 is 1.50 bits per heavy atom. The standard InChI is InChI=1S/C15H20BrN3O3/c16-14-9-13(19(21)22)4-3-12(14)8-15(20)18-7-5-11-2-1-6-17-10-11/h3-4,9,11,17H,1-2,5-8,10H2,(H,18,20). The van der Waals surface area contributed by atoms with Gasteiger partial charge in [0.05, 0.1) is 11.3 Å². The van der Waals surface area contributed by atoms with Gasteiger partial charge in [-0.2, -0.15) is 0 Å². The van der Waals surface area contributed by atoms with E-state index in [0.29, 0.717) is 16.9 Å². The Kier molecular flexibility index (Phi) is 6.33. The van der Waals surface area contributed by atoms with Crippen LogP contribution in [0.1, 0.15) is 24.8 Å². The second-order valence-corrected chi connectivity index (χ2v) is 6.41. The quantitative estimate of drug-likeness (QED) is 0.595. The van der Waals surface area contributed by atoms with Gasteiger partial charge in [-0.05, 0) is 43.8 Å². The summed E-state index contributed by atoms with van der Waals surface area (Å²) < 4.78 is 0.591. The lowest BCUT2D eigenvalue weighted by Gasteiger charge is -2.22. The van der Waals surface area contributed by atoms with E-state index in [2.05, 4.69) is 26.6 Å². The van der Waals surface area contributed by atoms with Gasteiger partial charge in [-0.15, -0.1) is 0 Å². The van der Waals surface area contributed by atoms with Gasteiger partial charge in [-0.25, -0.2) is 0 Å². The average molecular weight is 370 g/mol. The van der Waals surface area contributed by atoms with Crippen LogP contribution in [-0.4, -0.2) is 30.5 Å². The van der Waals surface area contributed by atoms with Crippen LogP contribution < -0.4 is 10.6 Å². The number of halogens is 1. The number of hydrogen-bond acceptors (Lipinski definition) is 4. The van der Waals surface area contributed by atoms with E-state index in [1.807, 2.05) is 0 Å². The first-order valence-electron chi connectivity index (χ1n) is 7.46. The smallest absolute Gasteiger partial charge is 0.270 e. The van der Waals surface area contributed by atoms with Crippen molar-refractivity contribution in [1.82, 2.24) is 10.6 Å². The summed E-state index contributed by atoms with van der Waals surface area (Å²) in [5, 5.41) is 17.0. The van der Waals surface area contributed by atoms with Crippen LogP contribution in [-0.2, 0) is 11.2 Å².